The van der Waals surface area contributed by atoms with Gasteiger partial charge in [-0.2, -0.15) is 5.10 Å². The molecule has 0 aromatic carbocycles. The van der Waals surface area contributed by atoms with Crippen molar-refractivity contribution in [2.24, 2.45) is 0 Å². The molecule has 0 atom stereocenters. The molecular formula is C4H2F3N3O2. The maximum Gasteiger partial charge on any atom is 0.506 e. The zero-order valence-corrected chi connectivity index (χ0v) is 5.41. The van der Waals surface area contributed by atoms with Crippen molar-refractivity contribution in [1.29, 1.82) is 0 Å². The second-order valence-corrected chi connectivity index (χ2v) is 1.77. The maximum absolute atomic E-state index is 11.8. The van der Waals surface area contributed by atoms with Crippen LogP contribution < -0.4 is 0 Å². The highest BCUT2D eigenvalue weighted by Gasteiger charge is 2.36. The number of aromatic nitrogens is 3. The monoisotopic (exact) mass is 181 g/mol. The largest absolute Gasteiger partial charge is 0.506 e. The van der Waals surface area contributed by atoms with E-state index in [4.69, 9.17) is 5.11 Å². The Bertz CT molecular complexity index is 305. The van der Waals surface area contributed by atoms with E-state index in [0.29, 0.717) is 6.33 Å². The van der Waals surface area contributed by atoms with Crippen molar-refractivity contribution in [3.63, 3.8) is 0 Å². The molecular weight excluding hydrogens is 179 g/mol. The Balaban J connectivity index is 3.17. The van der Waals surface area contributed by atoms with Crippen LogP contribution in [0, 0.1) is 0 Å². The molecule has 12 heavy (non-hydrogen) atoms. The molecule has 0 fully saturated rings. The molecule has 0 bridgehead atoms. The molecule has 0 unspecified atom stereocenters. The smallest absolute Gasteiger partial charge is 0.475 e. The predicted molar refractivity (Wildman–Crippen MR) is 28.3 cm³/mol. The minimum absolute atomic E-state index is 0.525. The number of carbonyl (C=O) groups is 1. The van der Waals surface area contributed by atoms with Crippen LogP contribution in [0.2, 0.25) is 0 Å². The van der Waals surface area contributed by atoms with Crippen molar-refractivity contribution in [3.05, 3.63) is 12.2 Å². The minimum Gasteiger partial charge on any atom is -0.475 e. The van der Waals surface area contributed by atoms with Crippen LogP contribution >= 0.6 is 0 Å². The van der Waals surface area contributed by atoms with Gasteiger partial charge in [0.1, 0.15) is 6.33 Å². The molecule has 0 radical (unpaired) electrons. The topological polar surface area (TPSA) is 68.0 Å². The Labute approximate surface area is 63.4 Å². The van der Waals surface area contributed by atoms with E-state index >= 15 is 0 Å². The second kappa shape index (κ2) is 2.47. The normalized spacial score (nSPS) is 11.6. The fraction of sp³-hybridized carbons (Fsp3) is 0.250. The van der Waals surface area contributed by atoms with Crippen LogP contribution in [0.25, 0.3) is 0 Å². The summed E-state index contributed by atoms with van der Waals surface area (Å²) >= 11 is 0. The van der Waals surface area contributed by atoms with E-state index in [1.807, 2.05) is 0 Å². The highest BCUT2D eigenvalue weighted by atomic mass is 19.4. The molecule has 1 aromatic heterocycles. The zero-order chi connectivity index (χ0) is 9.35. The van der Waals surface area contributed by atoms with Crippen molar-refractivity contribution in [2.75, 3.05) is 0 Å². The van der Waals surface area contributed by atoms with Crippen molar-refractivity contribution < 1.29 is 23.1 Å². The zero-order valence-electron chi connectivity index (χ0n) is 5.41. The summed E-state index contributed by atoms with van der Waals surface area (Å²) in [7, 11) is 0. The van der Waals surface area contributed by atoms with Gasteiger partial charge >= 0.3 is 12.3 Å². The molecule has 1 rings (SSSR count). The molecule has 0 saturated heterocycles. The first-order chi connectivity index (χ1) is 5.43. The van der Waals surface area contributed by atoms with Gasteiger partial charge in [-0.3, -0.25) is 0 Å². The highest BCUT2D eigenvalue weighted by molar-refractivity contribution is 5.83. The third-order valence-electron chi connectivity index (χ3n) is 0.979. The third kappa shape index (κ3) is 1.36. The SMILES string of the molecule is O=C(O)c1ncnn1C(F)(F)F. The lowest BCUT2D eigenvalue weighted by atomic mass is 10.6. The lowest BCUT2D eigenvalue weighted by Gasteiger charge is -2.05. The molecule has 0 spiro atoms. The summed E-state index contributed by atoms with van der Waals surface area (Å²) in [5.74, 6) is -2.92. The molecule has 66 valence electrons. The quantitative estimate of drug-likeness (QED) is 0.682. The molecule has 0 saturated carbocycles. The first kappa shape index (κ1) is 8.50. The summed E-state index contributed by atoms with van der Waals surface area (Å²) in [6.45, 7) is 0. The van der Waals surface area contributed by atoms with Crippen LogP contribution in [-0.4, -0.2) is 25.8 Å². The van der Waals surface area contributed by atoms with Gasteiger partial charge in [-0.25, -0.2) is 9.78 Å². The molecule has 0 aliphatic rings. The van der Waals surface area contributed by atoms with E-state index in [9.17, 15) is 18.0 Å². The summed E-state index contributed by atoms with van der Waals surface area (Å²) < 4.78 is 34.9. The Kier molecular flexibility index (Phi) is 1.75. The number of carboxylic acids is 1. The summed E-state index contributed by atoms with van der Waals surface area (Å²) in [6.07, 6.45) is -4.32. The first-order valence-electron chi connectivity index (χ1n) is 2.63. The molecule has 0 amide bonds. The Morgan fingerprint density at radius 1 is 1.58 bits per heavy atom. The summed E-state index contributed by atoms with van der Waals surface area (Å²) in [5.41, 5.74) is 0. The van der Waals surface area contributed by atoms with Gasteiger partial charge in [0.15, 0.2) is 0 Å². The number of carboxylic acid groups (broad SMARTS) is 1. The predicted octanol–water partition coefficient (Wildman–Crippen LogP) is 0.453. The maximum atomic E-state index is 11.8. The average molecular weight is 181 g/mol. The van der Waals surface area contributed by atoms with Gasteiger partial charge in [0.05, 0.1) is 0 Å². The first-order valence-corrected chi connectivity index (χ1v) is 2.63. The van der Waals surface area contributed by atoms with Gasteiger partial charge in [-0.05, 0) is 0 Å². The molecule has 0 aliphatic carbocycles. The number of halogens is 3. The van der Waals surface area contributed by atoms with Gasteiger partial charge in [-0.1, -0.05) is 0 Å². The Morgan fingerprint density at radius 3 is 2.50 bits per heavy atom. The standard InChI is InChI=1S/C4H2F3N3O2/c5-4(6,7)10-2(3(11)12)8-1-9-10/h1H,(H,11,12). The van der Waals surface area contributed by atoms with Gasteiger partial charge in [0.25, 0.3) is 0 Å². The number of hydrogen-bond acceptors (Lipinski definition) is 3. The second-order valence-electron chi connectivity index (χ2n) is 1.77. The van der Waals surface area contributed by atoms with Crippen LogP contribution in [-0.2, 0) is 6.30 Å². The fourth-order valence-corrected chi connectivity index (χ4v) is 0.573. The molecule has 1 N–H and O–H groups in total. The van der Waals surface area contributed by atoms with E-state index in [1.165, 1.54) is 0 Å². The molecule has 1 aromatic rings. The van der Waals surface area contributed by atoms with E-state index in [-0.39, 0.29) is 0 Å². The third-order valence-corrected chi connectivity index (χ3v) is 0.979. The van der Waals surface area contributed by atoms with Crippen LogP contribution in [0.5, 0.6) is 0 Å². The number of hydrogen-bond donors (Lipinski definition) is 1. The number of nitrogens with zero attached hydrogens (tertiary/aromatic N) is 3. The number of alkyl halides is 3. The highest BCUT2D eigenvalue weighted by Crippen LogP contribution is 2.21. The number of rotatable bonds is 1. The molecule has 1 heterocycles. The summed E-state index contributed by atoms with van der Waals surface area (Å²) in [4.78, 5) is 13.0. The molecule has 5 nitrogen and oxygen atoms in total. The van der Waals surface area contributed by atoms with Gasteiger partial charge in [-0.15, -0.1) is 17.9 Å². The summed E-state index contributed by atoms with van der Waals surface area (Å²) in [5, 5.41) is 10.9. The number of aromatic carboxylic acids is 1. The Morgan fingerprint density at radius 2 is 2.17 bits per heavy atom. The van der Waals surface area contributed by atoms with Crippen molar-refractivity contribution in [2.45, 2.75) is 6.30 Å². The fourth-order valence-electron chi connectivity index (χ4n) is 0.573. The van der Waals surface area contributed by atoms with Gasteiger partial charge in [0.2, 0.25) is 5.82 Å². The van der Waals surface area contributed by atoms with Crippen molar-refractivity contribution in [3.8, 4) is 0 Å². The van der Waals surface area contributed by atoms with E-state index < -0.39 is 22.8 Å². The lowest BCUT2D eigenvalue weighted by Crippen LogP contribution is -2.23. The van der Waals surface area contributed by atoms with Crippen molar-refractivity contribution in [1.82, 2.24) is 14.8 Å². The van der Waals surface area contributed by atoms with Crippen LogP contribution in [0.1, 0.15) is 10.6 Å². The minimum atomic E-state index is -4.84. The lowest BCUT2D eigenvalue weighted by molar-refractivity contribution is -0.213. The van der Waals surface area contributed by atoms with E-state index in [1.54, 1.807) is 0 Å². The van der Waals surface area contributed by atoms with Crippen molar-refractivity contribution >= 4 is 5.97 Å². The van der Waals surface area contributed by atoms with Gasteiger partial charge < -0.3 is 5.11 Å². The Hall–Kier alpha value is -1.60. The summed E-state index contributed by atoms with van der Waals surface area (Å²) in [6, 6.07) is 0. The average Bonchev–Trinajstić information content (AvgIpc) is 2.30. The van der Waals surface area contributed by atoms with Gasteiger partial charge in [0, 0.05) is 0 Å². The van der Waals surface area contributed by atoms with E-state index in [2.05, 4.69) is 10.1 Å². The van der Waals surface area contributed by atoms with Crippen LogP contribution in [0.4, 0.5) is 13.2 Å². The van der Waals surface area contributed by atoms with E-state index in [0.717, 1.165) is 0 Å². The molecule has 8 heteroatoms. The van der Waals surface area contributed by atoms with Crippen LogP contribution in [0.15, 0.2) is 6.33 Å². The van der Waals surface area contributed by atoms with Crippen LogP contribution in [0.3, 0.4) is 0 Å². The molecule has 0 aliphatic heterocycles.